The predicted octanol–water partition coefficient (Wildman–Crippen LogP) is 1.31. The van der Waals surface area contributed by atoms with Crippen molar-refractivity contribution in [3.05, 3.63) is 24.0 Å². The number of piperidine rings is 1. The van der Waals surface area contributed by atoms with E-state index in [1.807, 2.05) is 12.1 Å². The van der Waals surface area contributed by atoms with Crippen LogP contribution in [0.25, 0.3) is 0 Å². The number of nitrogens with zero attached hydrogens (tertiary/aromatic N) is 3. The maximum atomic E-state index is 10.9. The highest BCUT2D eigenvalue weighted by molar-refractivity contribution is 5.72. The number of hydrogen-bond acceptors (Lipinski definition) is 4. The van der Waals surface area contributed by atoms with Gasteiger partial charge in [0.15, 0.2) is 5.69 Å². The fraction of sp³-hybridized carbons (Fsp3) is 0.500. The summed E-state index contributed by atoms with van der Waals surface area (Å²) >= 11 is 0. The zero-order chi connectivity index (χ0) is 13.7. The van der Waals surface area contributed by atoms with E-state index in [2.05, 4.69) is 21.3 Å². The molecule has 0 bridgehead atoms. The zero-order valence-corrected chi connectivity index (χ0v) is 11.1. The van der Waals surface area contributed by atoms with Gasteiger partial charge in [0.1, 0.15) is 6.07 Å². The molecule has 5 nitrogen and oxygen atoms in total. The molecule has 5 heteroatoms. The van der Waals surface area contributed by atoms with Crippen molar-refractivity contribution >= 4 is 11.6 Å². The molecule has 1 aliphatic rings. The molecule has 1 aromatic rings. The van der Waals surface area contributed by atoms with Gasteiger partial charge >= 0.3 is 0 Å². The first-order chi connectivity index (χ1) is 9.20. The van der Waals surface area contributed by atoms with E-state index in [1.165, 1.54) is 0 Å². The largest absolute Gasteiger partial charge is 0.369 e. The molecule has 100 valence electrons. The Morgan fingerprint density at radius 2 is 2.32 bits per heavy atom. The molecule has 1 aliphatic heterocycles. The highest BCUT2D eigenvalue weighted by Gasteiger charge is 2.21. The van der Waals surface area contributed by atoms with E-state index in [9.17, 15) is 4.79 Å². The van der Waals surface area contributed by atoms with Crippen molar-refractivity contribution < 1.29 is 4.79 Å². The van der Waals surface area contributed by atoms with Crippen LogP contribution in [0.3, 0.4) is 0 Å². The van der Waals surface area contributed by atoms with Crippen molar-refractivity contribution in [1.82, 2.24) is 10.3 Å². The molecule has 0 atom stereocenters. The smallest absolute Gasteiger partial charge is 0.216 e. The normalized spacial score (nSPS) is 15.9. The lowest BCUT2D eigenvalue weighted by molar-refractivity contribution is -0.119. The maximum absolute atomic E-state index is 10.9. The first-order valence-electron chi connectivity index (χ1n) is 6.55. The molecule has 2 heterocycles. The molecular formula is C14H18N4O. The van der Waals surface area contributed by atoms with Crippen LogP contribution in [-0.4, -0.2) is 30.5 Å². The van der Waals surface area contributed by atoms with Gasteiger partial charge in [0.05, 0.1) is 5.69 Å². The first kappa shape index (κ1) is 13.3. The van der Waals surface area contributed by atoms with E-state index in [1.54, 1.807) is 13.1 Å². The number of carbonyl (C=O) groups excluding carboxylic acids is 1. The second kappa shape index (κ2) is 6.19. The summed E-state index contributed by atoms with van der Waals surface area (Å²) in [7, 11) is 0. The van der Waals surface area contributed by atoms with Gasteiger partial charge in [-0.05, 0) is 30.9 Å². The summed E-state index contributed by atoms with van der Waals surface area (Å²) in [5.41, 5.74) is 1.41. The lowest BCUT2D eigenvalue weighted by atomic mass is 9.96. The Kier molecular flexibility index (Phi) is 4.35. The Hall–Kier alpha value is -2.09. The van der Waals surface area contributed by atoms with Crippen LogP contribution in [0, 0.1) is 17.2 Å². The molecule has 0 aromatic carbocycles. The molecule has 1 amide bonds. The third kappa shape index (κ3) is 3.44. The lowest BCUT2D eigenvalue weighted by Gasteiger charge is -2.33. The van der Waals surface area contributed by atoms with E-state index < -0.39 is 0 Å². The number of pyridine rings is 1. The molecule has 0 radical (unpaired) electrons. The van der Waals surface area contributed by atoms with Crippen LogP contribution in [0.4, 0.5) is 5.69 Å². The average Bonchev–Trinajstić information content (AvgIpc) is 2.45. The maximum Gasteiger partial charge on any atom is 0.216 e. The third-order valence-corrected chi connectivity index (χ3v) is 3.49. The number of nitrogens with one attached hydrogen (secondary N) is 1. The summed E-state index contributed by atoms with van der Waals surface area (Å²) in [6.45, 7) is 4.11. The van der Waals surface area contributed by atoms with E-state index in [0.29, 0.717) is 11.6 Å². The summed E-state index contributed by atoms with van der Waals surface area (Å²) in [4.78, 5) is 17.2. The SMILES string of the molecule is CC(=O)NCC1CCN(c2cccnc2C#N)CC1. The molecule has 1 saturated heterocycles. The van der Waals surface area contributed by atoms with Crippen LogP contribution >= 0.6 is 0 Å². The number of anilines is 1. The van der Waals surface area contributed by atoms with Crippen LogP contribution in [-0.2, 0) is 4.79 Å². The minimum absolute atomic E-state index is 0.0291. The van der Waals surface area contributed by atoms with Crippen LogP contribution < -0.4 is 10.2 Å². The average molecular weight is 258 g/mol. The number of rotatable bonds is 3. The van der Waals surface area contributed by atoms with E-state index >= 15 is 0 Å². The van der Waals surface area contributed by atoms with Crippen molar-refractivity contribution in [3.63, 3.8) is 0 Å². The van der Waals surface area contributed by atoms with Crippen LogP contribution in [0.15, 0.2) is 18.3 Å². The van der Waals surface area contributed by atoms with Gasteiger partial charge in [-0.25, -0.2) is 4.98 Å². The number of amides is 1. The molecule has 1 fully saturated rings. The monoisotopic (exact) mass is 258 g/mol. The fourth-order valence-corrected chi connectivity index (χ4v) is 2.40. The zero-order valence-electron chi connectivity index (χ0n) is 11.1. The van der Waals surface area contributed by atoms with E-state index in [-0.39, 0.29) is 5.91 Å². The summed E-state index contributed by atoms with van der Waals surface area (Å²) in [6.07, 6.45) is 3.70. The summed E-state index contributed by atoms with van der Waals surface area (Å²) in [5.74, 6) is 0.559. The Balaban J connectivity index is 1.93. The van der Waals surface area contributed by atoms with Gasteiger partial charge in [-0.2, -0.15) is 5.26 Å². The molecule has 1 N–H and O–H groups in total. The van der Waals surface area contributed by atoms with E-state index in [0.717, 1.165) is 38.2 Å². The number of aromatic nitrogens is 1. The highest BCUT2D eigenvalue weighted by atomic mass is 16.1. The predicted molar refractivity (Wildman–Crippen MR) is 72.6 cm³/mol. The summed E-state index contributed by atoms with van der Waals surface area (Å²) < 4.78 is 0. The highest BCUT2D eigenvalue weighted by Crippen LogP contribution is 2.24. The fourth-order valence-electron chi connectivity index (χ4n) is 2.40. The van der Waals surface area contributed by atoms with Gasteiger partial charge < -0.3 is 10.2 Å². The Morgan fingerprint density at radius 3 is 2.95 bits per heavy atom. The molecule has 0 unspecified atom stereocenters. The Bertz CT molecular complexity index is 486. The number of carbonyl (C=O) groups is 1. The standard InChI is InChI=1S/C14H18N4O/c1-11(19)17-10-12-4-7-18(8-5-12)14-3-2-6-16-13(14)9-15/h2-3,6,12H,4-5,7-8,10H2,1H3,(H,17,19). The molecule has 0 spiro atoms. The van der Waals surface area contributed by atoms with Gasteiger partial charge in [-0.15, -0.1) is 0 Å². The van der Waals surface area contributed by atoms with Crippen LogP contribution in [0.2, 0.25) is 0 Å². The molecule has 0 aliphatic carbocycles. The van der Waals surface area contributed by atoms with Gasteiger partial charge in [0, 0.05) is 32.8 Å². The van der Waals surface area contributed by atoms with Crippen LogP contribution in [0.1, 0.15) is 25.5 Å². The van der Waals surface area contributed by atoms with Gasteiger partial charge in [0.25, 0.3) is 0 Å². The van der Waals surface area contributed by atoms with Crippen molar-refractivity contribution in [3.8, 4) is 6.07 Å². The van der Waals surface area contributed by atoms with Crippen LogP contribution in [0.5, 0.6) is 0 Å². The van der Waals surface area contributed by atoms with Crippen molar-refractivity contribution in [1.29, 1.82) is 5.26 Å². The van der Waals surface area contributed by atoms with Gasteiger partial charge in [-0.3, -0.25) is 4.79 Å². The van der Waals surface area contributed by atoms with Gasteiger partial charge in [-0.1, -0.05) is 0 Å². The summed E-state index contributed by atoms with van der Waals surface area (Å²) in [5, 5.41) is 11.9. The lowest BCUT2D eigenvalue weighted by Crippen LogP contribution is -2.38. The topological polar surface area (TPSA) is 69.0 Å². The second-order valence-corrected chi connectivity index (χ2v) is 4.85. The summed E-state index contributed by atoms with van der Waals surface area (Å²) in [6, 6.07) is 5.94. The second-order valence-electron chi connectivity index (χ2n) is 4.85. The van der Waals surface area contributed by atoms with Gasteiger partial charge in [0.2, 0.25) is 5.91 Å². The number of nitriles is 1. The quantitative estimate of drug-likeness (QED) is 0.887. The molecule has 1 aromatic heterocycles. The minimum Gasteiger partial charge on any atom is -0.369 e. The molecule has 2 rings (SSSR count). The molecular weight excluding hydrogens is 240 g/mol. The Morgan fingerprint density at radius 1 is 1.58 bits per heavy atom. The molecule has 0 saturated carbocycles. The van der Waals surface area contributed by atoms with Crippen molar-refractivity contribution in [2.75, 3.05) is 24.5 Å². The third-order valence-electron chi connectivity index (χ3n) is 3.49. The van der Waals surface area contributed by atoms with Crippen molar-refractivity contribution in [2.45, 2.75) is 19.8 Å². The minimum atomic E-state index is 0.0291. The van der Waals surface area contributed by atoms with Crippen molar-refractivity contribution in [2.24, 2.45) is 5.92 Å². The first-order valence-corrected chi connectivity index (χ1v) is 6.55. The number of hydrogen-bond donors (Lipinski definition) is 1. The van der Waals surface area contributed by atoms with E-state index in [4.69, 9.17) is 5.26 Å². The Labute approximate surface area is 113 Å². The molecule has 19 heavy (non-hydrogen) atoms.